The van der Waals surface area contributed by atoms with E-state index in [-0.39, 0.29) is 69.0 Å². The lowest BCUT2D eigenvalue weighted by Crippen LogP contribution is -2.53. The smallest absolute Gasteiger partial charge is 0.412 e. The zero-order valence-corrected chi connectivity index (χ0v) is 52.2. The molecule has 83 heavy (non-hydrogen) atoms. The molecule has 456 valence electrons. The minimum Gasteiger partial charge on any atom is -0.462 e. The van der Waals surface area contributed by atoms with Crippen LogP contribution in [0.25, 0.3) is 0 Å². The second-order valence-electron chi connectivity index (χ2n) is 23.7. The number of amides is 5. The second kappa shape index (κ2) is 29.7. The number of methoxy groups -OCH3 is 1. The number of alkyl halides is 1. The number of rotatable bonds is 23. The Hall–Kier alpha value is -5.93. The van der Waals surface area contributed by atoms with Gasteiger partial charge in [-0.05, 0) is 120 Å². The maximum Gasteiger partial charge on any atom is 0.412 e. The molecule has 0 aromatic heterocycles. The van der Waals surface area contributed by atoms with Gasteiger partial charge in [-0.2, -0.15) is 0 Å². The molecule has 0 unspecified atom stereocenters. The summed E-state index contributed by atoms with van der Waals surface area (Å²) in [4.78, 5) is 108. The highest BCUT2D eigenvalue weighted by Crippen LogP contribution is 2.50. The molecule has 2 aromatic carbocycles. The topological polar surface area (TPSA) is 272 Å². The van der Waals surface area contributed by atoms with Crippen molar-refractivity contribution in [3.63, 3.8) is 0 Å². The van der Waals surface area contributed by atoms with E-state index < -0.39 is 95.0 Å². The summed E-state index contributed by atoms with van der Waals surface area (Å²) in [5.41, 5.74) is 6.45. The number of anilines is 2. The number of hydrogen-bond acceptors (Lipinski definition) is 14. The van der Waals surface area contributed by atoms with Crippen LogP contribution in [0.15, 0.2) is 66.3 Å². The van der Waals surface area contributed by atoms with Crippen LogP contribution in [0, 0.1) is 31.6 Å². The Bertz CT molecular complexity index is 2820. The summed E-state index contributed by atoms with van der Waals surface area (Å²) in [6, 6.07) is 7.05. The zero-order valence-electron chi connectivity index (χ0n) is 49.9. The Morgan fingerprint density at radius 2 is 1.76 bits per heavy atom. The van der Waals surface area contributed by atoms with Crippen molar-refractivity contribution >= 4 is 86.3 Å². The van der Waals surface area contributed by atoms with E-state index in [4.69, 9.17) is 41.0 Å². The van der Waals surface area contributed by atoms with Crippen LogP contribution in [-0.4, -0.2) is 126 Å². The molecule has 2 aromatic rings. The number of esters is 2. The quantitative estimate of drug-likeness (QED) is 0.0173. The Labute approximate surface area is 501 Å². The number of ketones is 2. The van der Waals surface area contributed by atoms with Gasteiger partial charge in [0, 0.05) is 74.8 Å². The minimum absolute atomic E-state index is 0.0181. The van der Waals surface area contributed by atoms with Gasteiger partial charge in [0.2, 0.25) is 11.8 Å². The van der Waals surface area contributed by atoms with Crippen LogP contribution in [-0.2, 0) is 65.3 Å². The van der Waals surface area contributed by atoms with Crippen LogP contribution in [0.5, 0.6) is 0 Å². The van der Waals surface area contributed by atoms with Crippen LogP contribution < -0.4 is 26.6 Å². The van der Waals surface area contributed by atoms with Crippen molar-refractivity contribution in [1.82, 2.24) is 10.6 Å². The van der Waals surface area contributed by atoms with Gasteiger partial charge in [-0.1, -0.05) is 96.9 Å². The first-order valence-electron chi connectivity index (χ1n) is 28.3. The maximum absolute atomic E-state index is 14.4. The van der Waals surface area contributed by atoms with E-state index >= 15 is 0 Å². The van der Waals surface area contributed by atoms with Crippen molar-refractivity contribution in [3.8, 4) is 0 Å². The number of allylic oxidation sites excluding steroid dienone is 3. The predicted octanol–water partition coefficient (Wildman–Crippen LogP) is 9.34. The summed E-state index contributed by atoms with van der Waals surface area (Å²) in [6.07, 6.45) is 2.94. The van der Waals surface area contributed by atoms with Crippen molar-refractivity contribution in [1.29, 1.82) is 0 Å². The number of nitrogens with one attached hydrogen (secondary N) is 3. The monoisotopic (exact) mass is 1240 g/mol. The molecule has 0 saturated carbocycles. The number of ether oxygens (including phenoxy) is 5. The third-order valence-electron chi connectivity index (χ3n) is 15.9. The average molecular weight is 1240 g/mol. The number of urea groups is 1. The number of aliphatic hydroxyl groups is 1. The van der Waals surface area contributed by atoms with Gasteiger partial charge >= 0.3 is 24.1 Å². The number of Topliss-reactive ketones (excluding diaryl/α,β-unsaturated/α-hetero) is 2. The van der Waals surface area contributed by atoms with E-state index in [1.165, 1.54) is 12.0 Å². The molecule has 3 heterocycles. The van der Waals surface area contributed by atoms with Gasteiger partial charge in [-0.15, -0.1) is 0 Å². The lowest BCUT2D eigenvalue weighted by Gasteiger charge is -2.41. The SMILES string of the molecule is C=C(CBr)C(=O)OC(C)(C)CCCCC(=O)C[C@H](C(=O)N[C@@H](CCCNC(N)=O)C(=O)Cc1ccc(NC(=O)O[C@H]2CC(=O)N(C)c3cc(cc(C)c3Cl)C/C(C)=C/C=C/[C@@H](OC)[C@]3(O)CC(=O)O[C@@H](C3)[C@@H](C)[C@@H]3O[C@@]23C)c(C)c1)C(C)C. The molecule has 9 atom stereocenters. The lowest BCUT2D eigenvalue weighted by atomic mass is 9.78. The fourth-order valence-electron chi connectivity index (χ4n) is 10.9. The first-order chi connectivity index (χ1) is 38.9. The largest absolute Gasteiger partial charge is 0.462 e. The van der Waals surface area contributed by atoms with E-state index in [1.54, 1.807) is 65.1 Å². The molecule has 6 N–H and O–H groups in total. The molecule has 5 rings (SSSR count). The molecule has 3 aliphatic heterocycles. The van der Waals surface area contributed by atoms with Crippen LogP contribution in [0.4, 0.5) is 21.0 Å². The summed E-state index contributed by atoms with van der Waals surface area (Å²) >= 11 is 10.1. The van der Waals surface area contributed by atoms with Gasteiger partial charge in [0.15, 0.2) is 5.78 Å². The van der Waals surface area contributed by atoms with E-state index in [2.05, 4.69) is 38.5 Å². The Kier molecular flexibility index (Phi) is 24.3. The first-order valence-corrected chi connectivity index (χ1v) is 29.8. The number of carbonyl (C=O) groups excluding carboxylic acids is 8. The van der Waals surface area contributed by atoms with Crippen LogP contribution in [0.2, 0.25) is 5.02 Å². The fraction of sp³-hybridized carbons (Fsp3) is 0.581. The van der Waals surface area contributed by atoms with Gasteiger partial charge in [0.25, 0.3) is 0 Å². The summed E-state index contributed by atoms with van der Waals surface area (Å²) in [7, 11) is 3.06. The molecular weight excluding hydrogens is 1150 g/mol. The highest BCUT2D eigenvalue weighted by Gasteiger charge is 2.64. The third-order valence-corrected chi connectivity index (χ3v) is 17.1. The lowest BCUT2D eigenvalue weighted by molar-refractivity contribution is -0.187. The van der Waals surface area contributed by atoms with Crippen molar-refractivity contribution in [2.75, 3.05) is 36.2 Å². The first kappa shape index (κ1) is 67.9. The fourth-order valence-corrected chi connectivity index (χ4v) is 11.3. The van der Waals surface area contributed by atoms with E-state index in [0.717, 1.165) is 16.7 Å². The average Bonchev–Trinajstić information content (AvgIpc) is 1.90. The molecule has 0 spiro atoms. The molecular formula is C62H85BrClN5O14. The highest BCUT2D eigenvalue weighted by molar-refractivity contribution is 9.09. The minimum atomic E-state index is -1.62. The maximum atomic E-state index is 14.4. The molecule has 21 heteroatoms. The summed E-state index contributed by atoms with van der Waals surface area (Å²) in [5, 5.41) is 20.9. The van der Waals surface area contributed by atoms with E-state index in [9.17, 15) is 43.5 Å². The normalized spacial score (nSPS) is 24.6. The summed E-state index contributed by atoms with van der Waals surface area (Å²) < 4.78 is 29.7. The van der Waals surface area contributed by atoms with E-state index in [0.29, 0.717) is 70.5 Å². The van der Waals surface area contributed by atoms with Crippen molar-refractivity contribution in [3.05, 3.63) is 93.6 Å². The highest BCUT2D eigenvalue weighted by atomic mass is 79.9. The number of unbranched alkanes of at least 4 members (excludes halogenated alkanes) is 1. The van der Waals surface area contributed by atoms with Crippen molar-refractivity contribution in [2.24, 2.45) is 23.5 Å². The second-order valence-corrected chi connectivity index (χ2v) is 24.7. The number of fused-ring (bicyclic) bond motifs is 5. The number of aryl methyl sites for hydroxylation is 2. The molecule has 2 fully saturated rings. The number of nitrogens with zero attached hydrogens (tertiary/aromatic N) is 1. The van der Waals surface area contributed by atoms with Crippen molar-refractivity contribution < 1.29 is 67.1 Å². The van der Waals surface area contributed by atoms with Crippen LogP contribution in [0.1, 0.15) is 135 Å². The number of benzene rings is 2. The van der Waals surface area contributed by atoms with Crippen LogP contribution in [0.3, 0.4) is 0 Å². The van der Waals surface area contributed by atoms with Crippen molar-refractivity contribution in [2.45, 2.75) is 187 Å². The number of halogens is 2. The predicted molar refractivity (Wildman–Crippen MR) is 320 cm³/mol. The molecule has 5 amide bonds. The van der Waals surface area contributed by atoms with Gasteiger partial charge < -0.3 is 50.1 Å². The van der Waals surface area contributed by atoms with E-state index in [1.807, 2.05) is 52.8 Å². The number of primary amides is 1. The summed E-state index contributed by atoms with van der Waals surface area (Å²) in [5.74, 6) is -3.96. The zero-order chi connectivity index (χ0) is 61.7. The number of carbonyl (C=O) groups is 8. The Balaban J connectivity index is 1.31. The van der Waals surface area contributed by atoms with Gasteiger partial charge in [-0.3, -0.25) is 29.3 Å². The molecule has 0 aliphatic carbocycles. The van der Waals surface area contributed by atoms with Gasteiger partial charge in [-0.25, -0.2) is 14.4 Å². The molecule has 2 saturated heterocycles. The number of nitrogens with two attached hydrogens (primary N) is 1. The standard InChI is InChI=1S/C62H85BrClN5O14/c1-35(2)44(30-43(70)18-13-14-23-60(8,9)83-57(75)39(6)34-63)56(74)67-46(19-16-24-66-58(65)76)48(71)29-41-21-22-45(37(4)26-41)68-59(77)81-51-31-52(72)69(11)47-28-42(27-38(5)54(47)64)25-36(3)17-15-20-50(79-12)62(78)32-49(80-53(73)33-62)40(7)55-61(51,10)82-55/h15,17,20-22,26-28,35,40,44,46,49-51,55,78H,6,13-14,16,18-19,23-25,29-34H2,1-5,7-12H3,(H,67,74)(H,68,77)(H3,65,66,76)/b20-15+,36-17+/t40-,44+,46+,49+,50-,51+,55+,61+,62-/m1/s1. The molecule has 4 bridgehead atoms. The summed E-state index contributed by atoms with van der Waals surface area (Å²) in [6.45, 7) is 20.2. The number of hydrogen-bond donors (Lipinski definition) is 5. The van der Waals surface area contributed by atoms with Gasteiger partial charge in [0.05, 0.1) is 35.7 Å². The Morgan fingerprint density at radius 1 is 1.05 bits per heavy atom. The molecule has 0 radical (unpaired) electrons. The number of epoxide rings is 1. The molecule has 19 nitrogen and oxygen atoms in total. The van der Waals surface area contributed by atoms with Crippen LogP contribution >= 0.6 is 27.5 Å². The Morgan fingerprint density at radius 3 is 2.41 bits per heavy atom. The van der Waals surface area contributed by atoms with Gasteiger partial charge in [0.1, 0.15) is 40.9 Å². The molecule has 3 aliphatic rings. The third kappa shape index (κ3) is 19.0.